The average Bonchev–Trinajstić information content (AvgIpc) is 2.58. The molecule has 2 rings (SSSR count). The summed E-state index contributed by atoms with van der Waals surface area (Å²) in [5.74, 6) is -0.205. The minimum absolute atomic E-state index is 0.103. The lowest BCUT2D eigenvalue weighted by Gasteiger charge is -2.20. The summed E-state index contributed by atoms with van der Waals surface area (Å²) in [6, 6.07) is 13.1. The molecule has 0 aliphatic carbocycles. The van der Waals surface area contributed by atoms with Crippen LogP contribution in [0.1, 0.15) is 23.2 Å². The minimum atomic E-state index is -3.40. The second kappa shape index (κ2) is 8.73. The Morgan fingerprint density at radius 1 is 1.16 bits per heavy atom. The van der Waals surface area contributed by atoms with Crippen molar-refractivity contribution in [3.05, 3.63) is 65.5 Å². The Morgan fingerprint density at radius 3 is 2.48 bits per heavy atom. The van der Waals surface area contributed by atoms with E-state index in [0.29, 0.717) is 6.54 Å². The highest BCUT2D eigenvalue weighted by Gasteiger charge is 2.18. The molecule has 134 valence electrons. The highest BCUT2D eigenvalue weighted by atomic mass is 32.2. The summed E-state index contributed by atoms with van der Waals surface area (Å²) in [5, 5.41) is 2.75. The lowest BCUT2D eigenvalue weighted by Crippen LogP contribution is -2.34. The normalized spacial score (nSPS) is 11.5. The third kappa shape index (κ3) is 6.64. The maximum Gasteiger partial charge on any atom is 0.221 e. The first kappa shape index (κ1) is 19.1. The van der Waals surface area contributed by atoms with Gasteiger partial charge in [0.05, 0.1) is 18.5 Å². The average molecular weight is 361 g/mol. The Balaban J connectivity index is 1.89. The maximum atomic E-state index is 12.0. The molecule has 1 amide bonds. The molecule has 0 bridgehead atoms. The van der Waals surface area contributed by atoms with Crippen LogP contribution in [0.5, 0.6) is 0 Å². The zero-order chi connectivity index (χ0) is 18.3. The van der Waals surface area contributed by atoms with E-state index < -0.39 is 10.0 Å². The van der Waals surface area contributed by atoms with Crippen LogP contribution < -0.4 is 5.32 Å². The zero-order valence-corrected chi connectivity index (χ0v) is 15.3. The number of amides is 1. The summed E-state index contributed by atoms with van der Waals surface area (Å²) in [4.78, 5) is 16.1. The Hall–Kier alpha value is -2.25. The molecule has 0 aliphatic rings. The van der Waals surface area contributed by atoms with Gasteiger partial charge in [-0.15, -0.1) is 0 Å². The summed E-state index contributed by atoms with van der Waals surface area (Å²) in [5.41, 5.74) is 2.77. The van der Waals surface area contributed by atoms with Gasteiger partial charge < -0.3 is 5.32 Å². The summed E-state index contributed by atoms with van der Waals surface area (Å²) < 4.78 is 25.3. The van der Waals surface area contributed by atoms with E-state index in [0.717, 1.165) is 23.1 Å². The van der Waals surface area contributed by atoms with Crippen LogP contribution in [-0.2, 0) is 27.9 Å². The number of benzene rings is 1. The van der Waals surface area contributed by atoms with Crippen molar-refractivity contribution in [1.29, 1.82) is 0 Å². The molecule has 1 aromatic carbocycles. The third-order valence-corrected chi connectivity index (χ3v) is 4.98. The summed E-state index contributed by atoms with van der Waals surface area (Å²) in [7, 11) is -3.40. The van der Waals surface area contributed by atoms with E-state index in [1.165, 1.54) is 4.31 Å². The number of carbonyl (C=O) groups excluding carboxylic acids is 1. The van der Waals surface area contributed by atoms with Gasteiger partial charge in [-0.2, -0.15) is 4.31 Å². The van der Waals surface area contributed by atoms with Crippen molar-refractivity contribution >= 4 is 15.9 Å². The van der Waals surface area contributed by atoms with Gasteiger partial charge in [-0.05, 0) is 24.6 Å². The first-order valence-corrected chi connectivity index (χ1v) is 9.87. The van der Waals surface area contributed by atoms with Gasteiger partial charge in [-0.25, -0.2) is 8.42 Å². The van der Waals surface area contributed by atoms with Crippen LogP contribution in [0.3, 0.4) is 0 Å². The number of sulfonamides is 1. The van der Waals surface area contributed by atoms with Crippen LogP contribution in [0.2, 0.25) is 0 Å². The molecule has 7 heteroatoms. The third-order valence-electron chi connectivity index (χ3n) is 3.73. The topological polar surface area (TPSA) is 79.4 Å². The molecule has 0 unspecified atom stereocenters. The predicted octanol–water partition coefficient (Wildman–Crippen LogP) is 1.86. The van der Waals surface area contributed by atoms with Gasteiger partial charge in [-0.3, -0.25) is 9.78 Å². The smallest absolute Gasteiger partial charge is 0.221 e. The van der Waals surface area contributed by atoms with Gasteiger partial charge in [0.1, 0.15) is 0 Å². The lowest BCUT2D eigenvalue weighted by atomic mass is 10.1. The van der Waals surface area contributed by atoms with Gasteiger partial charge >= 0.3 is 0 Å². The van der Waals surface area contributed by atoms with Gasteiger partial charge in [0.15, 0.2) is 0 Å². The number of hydrogen-bond donors (Lipinski definition) is 1. The number of carbonyl (C=O) groups is 1. The van der Waals surface area contributed by atoms with E-state index in [1.54, 1.807) is 12.3 Å². The number of hydrogen-bond acceptors (Lipinski definition) is 4. The van der Waals surface area contributed by atoms with Crippen LogP contribution in [0.4, 0.5) is 0 Å². The zero-order valence-electron chi connectivity index (χ0n) is 14.5. The first-order chi connectivity index (χ1) is 11.8. The molecule has 2 aromatic rings. The first-order valence-electron chi connectivity index (χ1n) is 8.02. The number of aryl methyl sites for hydroxylation is 1. The van der Waals surface area contributed by atoms with Gasteiger partial charge in [0, 0.05) is 25.7 Å². The highest BCUT2D eigenvalue weighted by Crippen LogP contribution is 2.10. The molecule has 1 aromatic heterocycles. The van der Waals surface area contributed by atoms with Crippen LogP contribution in [0.25, 0.3) is 0 Å². The second-order valence-corrected chi connectivity index (χ2v) is 7.91. The molecule has 0 fully saturated rings. The van der Waals surface area contributed by atoms with E-state index in [2.05, 4.69) is 10.3 Å². The van der Waals surface area contributed by atoms with Crippen LogP contribution in [0.15, 0.2) is 48.7 Å². The standard InChI is InChI=1S/C18H23N3O3S/c1-15-6-8-16(9-7-15)14-21(25(2,23)24)12-10-18(22)20-13-17-5-3-4-11-19-17/h3-9,11H,10,12-14H2,1-2H3,(H,20,22). The number of aromatic nitrogens is 1. The molecule has 25 heavy (non-hydrogen) atoms. The summed E-state index contributed by atoms with van der Waals surface area (Å²) in [6.07, 6.45) is 2.92. The largest absolute Gasteiger partial charge is 0.350 e. The van der Waals surface area contributed by atoms with Crippen LogP contribution in [0, 0.1) is 6.92 Å². The SMILES string of the molecule is Cc1ccc(CN(CCC(=O)NCc2ccccn2)S(C)(=O)=O)cc1. The fourth-order valence-electron chi connectivity index (χ4n) is 2.27. The van der Waals surface area contributed by atoms with Crippen molar-refractivity contribution in [3.63, 3.8) is 0 Å². The Bertz CT molecular complexity index is 790. The van der Waals surface area contributed by atoms with E-state index in [4.69, 9.17) is 0 Å². The lowest BCUT2D eigenvalue weighted by molar-refractivity contribution is -0.121. The highest BCUT2D eigenvalue weighted by molar-refractivity contribution is 7.88. The molecule has 0 aliphatic heterocycles. The van der Waals surface area contributed by atoms with E-state index in [1.807, 2.05) is 43.3 Å². The molecule has 0 atom stereocenters. The van der Waals surface area contributed by atoms with Crippen LogP contribution in [-0.4, -0.2) is 36.4 Å². The van der Waals surface area contributed by atoms with Gasteiger partial charge in [0.25, 0.3) is 0 Å². The molecular weight excluding hydrogens is 338 g/mol. The molecule has 1 heterocycles. The Morgan fingerprint density at radius 2 is 1.88 bits per heavy atom. The van der Waals surface area contributed by atoms with Crippen molar-refractivity contribution in [3.8, 4) is 0 Å². The molecule has 0 radical (unpaired) electrons. The van der Waals surface area contributed by atoms with E-state index in [-0.39, 0.29) is 25.4 Å². The molecular formula is C18H23N3O3S. The molecule has 6 nitrogen and oxygen atoms in total. The Labute approximate surface area is 148 Å². The minimum Gasteiger partial charge on any atom is -0.350 e. The van der Waals surface area contributed by atoms with Gasteiger partial charge in [0.2, 0.25) is 15.9 Å². The number of pyridine rings is 1. The predicted molar refractivity (Wildman–Crippen MR) is 97.1 cm³/mol. The Kier molecular flexibility index (Phi) is 6.66. The quantitative estimate of drug-likeness (QED) is 0.778. The number of nitrogens with one attached hydrogen (secondary N) is 1. The monoisotopic (exact) mass is 361 g/mol. The van der Waals surface area contributed by atoms with Crippen molar-refractivity contribution in [1.82, 2.24) is 14.6 Å². The van der Waals surface area contributed by atoms with Crippen LogP contribution >= 0.6 is 0 Å². The van der Waals surface area contributed by atoms with Crippen molar-refractivity contribution in [2.24, 2.45) is 0 Å². The molecule has 0 saturated heterocycles. The fourth-order valence-corrected chi connectivity index (χ4v) is 3.07. The fraction of sp³-hybridized carbons (Fsp3) is 0.333. The van der Waals surface area contributed by atoms with E-state index in [9.17, 15) is 13.2 Å². The maximum absolute atomic E-state index is 12.0. The second-order valence-electron chi connectivity index (χ2n) is 5.93. The number of rotatable bonds is 8. The molecule has 0 spiro atoms. The molecule has 0 saturated carbocycles. The van der Waals surface area contributed by atoms with Crippen molar-refractivity contribution in [2.45, 2.75) is 26.4 Å². The van der Waals surface area contributed by atoms with Gasteiger partial charge in [-0.1, -0.05) is 35.9 Å². The summed E-state index contributed by atoms with van der Waals surface area (Å²) in [6.45, 7) is 2.70. The number of nitrogens with zero attached hydrogens (tertiary/aromatic N) is 2. The summed E-state index contributed by atoms with van der Waals surface area (Å²) >= 11 is 0. The molecule has 1 N–H and O–H groups in total. The van der Waals surface area contributed by atoms with Crippen molar-refractivity contribution in [2.75, 3.05) is 12.8 Å². The van der Waals surface area contributed by atoms with Crippen molar-refractivity contribution < 1.29 is 13.2 Å². The van der Waals surface area contributed by atoms with E-state index >= 15 is 0 Å².